The molecule has 4 heterocycles. The van der Waals surface area contributed by atoms with Gasteiger partial charge in [-0.05, 0) is 73.0 Å². The van der Waals surface area contributed by atoms with Gasteiger partial charge in [-0.3, -0.25) is 9.59 Å². The van der Waals surface area contributed by atoms with Gasteiger partial charge in [-0.15, -0.1) is 22.7 Å². The number of carbonyl (C=O) groups excluding carboxylic acids is 2. The fraction of sp³-hybridized carbons (Fsp3) is 0.0345. The quantitative estimate of drug-likeness (QED) is 0.179. The van der Waals surface area contributed by atoms with Gasteiger partial charge in [0.2, 0.25) is 0 Å². The molecule has 0 unspecified atom stereocenters. The second-order valence-corrected chi connectivity index (χ2v) is 12.6. The van der Waals surface area contributed by atoms with E-state index in [9.17, 15) is 9.59 Å². The maximum absolute atomic E-state index is 13.0. The van der Waals surface area contributed by atoms with Crippen LogP contribution in [0.5, 0.6) is 0 Å². The summed E-state index contributed by atoms with van der Waals surface area (Å²) in [5, 5.41) is 5.92. The lowest BCUT2D eigenvalue weighted by molar-refractivity contribution is 0.101. The molecule has 0 aliphatic rings. The molecule has 2 aromatic carbocycles. The van der Waals surface area contributed by atoms with E-state index in [1.807, 2.05) is 46.5 Å². The monoisotopic (exact) mass is 676 g/mol. The van der Waals surface area contributed by atoms with E-state index in [0.29, 0.717) is 16.1 Å². The number of nitrogens with one attached hydrogen (secondary N) is 1. The zero-order valence-electron chi connectivity index (χ0n) is 20.3. The molecule has 0 saturated heterocycles. The number of benzene rings is 2. The molecule has 4 aromatic heterocycles. The molecule has 0 radical (unpaired) electrons. The van der Waals surface area contributed by atoms with Crippen molar-refractivity contribution in [1.29, 1.82) is 0 Å². The van der Waals surface area contributed by atoms with Crippen molar-refractivity contribution in [2.24, 2.45) is 0 Å². The Morgan fingerprint density at radius 2 is 1.74 bits per heavy atom. The van der Waals surface area contributed by atoms with Crippen molar-refractivity contribution in [2.75, 3.05) is 5.32 Å². The van der Waals surface area contributed by atoms with E-state index >= 15 is 0 Å². The summed E-state index contributed by atoms with van der Waals surface area (Å²) in [4.78, 5) is 37.1. The number of ketones is 1. The van der Waals surface area contributed by atoms with E-state index in [4.69, 9.17) is 4.98 Å². The number of nitrogens with zero attached hydrogens (tertiary/aromatic N) is 3. The summed E-state index contributed by atoms with van der Waals surface area (Å²) >= 11 is 9.96. The molecule has 6 nitrogen and oxygen atoms in total. The summed E-state index contributed by atoms with van der Waals surface area (Å²) in [5.41, 5.74) is 4.43. The number of anilines is 1. The van der Waals surface area contributed by atoms with Crippen LogP contribution in [0.25, 0.3) is 37.7 Å². The Bertz CT molecular complexity index is 1880. The van der Waals surface area contributed by atoms with Gasteiger partial charge in [-0.1, -0.05) is 37.9 Å². The van der Waals surface area contributed by atoms with Gasteiger partial charge < -0.3 is 9.88 Å². The summed E-state index contributed by atoms with van der Waals surface area (Å²) in [6.07, 6.45) is 3.75. The van der Waals surface area contributed by atoms with Crippen molar-refractivity contribution < 1.29 is 9.59 Å². The van der Waals surface area contributed by atoms with Crippen LogP contribution >= 0.6 is 54.5 Å². The third-order valence-corrected chi connectivity index (χ3v) is 9.06. The largest absolute Gasteiger partial charge is 0.321 e. The van der Waals surface area contributed by atoms with Crippen LogP contribution in [0.3, 0.4) is 0 Å². The number of aromatic nitrogens is 3. The highest BCUT2D eigenvalue weighted by atomic mass is 79.9. The van der Waals surface area contributed by atoms with Gasteiger partial charge in [0.05, 0.1) is 49.2 Å². The average Bonchev–Trinajstić information content (AvgIpc) is 3.69. The van der Waals surface area contributed by atoms with Gasteiger partial charge in [0.25, 0.3) is 5.91 Å². The molecule has 192 valence electrons. The zero-order chi connectivity index (χ0) is 27.1. The molecule has 0 fully saturated rings. The molecule has 0 atom stereocenters. The fourth-order valence-corrected chi connectivity index (χ4v) is 6.50. The van der Waals surface area contributed by atoms with Crippen molar-refractivity contribution in [3.05, 3.63) is 104 Å². The maximum atomic E-state index is 13.0. The number of hydrogen-bond donors (Lipinski definition) is 1. The number of carbonyl (C=O) groups is 2. The Balaban J connectivity index is 1.32. The van der Waals surface area contributed by atoms with Crippen molar-refractivity contribution in [3.63, 3.8) is 0 Å². The third kappa shape index (κ3) is 5.25. The molecular formula is C29H18Br2N4O2S2. The average molecular weight is 678 g/mol. The first-order valence-corrected chi connectivity index (χ1v) is 15.0. The number of pyridine rings is 1. The first-order valence-electron chi connectivity index (χ1n) is 11.8. The topological polar surface area (TPSA) is 76.9 Å². The number of amides is 1. The van der Waals surface area contributed by atoms with Crippen molar-refractivity contribution >= 4 is 82.8 Å². The molecule has 6 aromatic rings. The minimum atomic E-state index is -0.280. The Hall–Kier alpha value is -3.44. The number of thiophene rings is 2. The summed E-state index contributed by atoms with van der Waals surface area (Å²) in [7, 11) is 0. The summed E-state index contributed by atoms with van der Waals surface area (Å²) in [6, 6.07) is 21.1. The highest BCUT2D eigenvalue weighted by Gasteiger charge is 2.17. The van der Waals surface area contributed by atoms with Crippen LogP contribution in [0.15, 0.2) is 93.6 Å². The second kappa shape index (κ2) is 10.6. The maximum Gasteiger partial charge on any atom is 0.265 e. The van der Waals surface area contributed by atoms with E-state index < -0.39 is 0 Å². The fourth-order valence-electron chi connectivity index (χ4n) is 4.24. The smallest absolute Gasteiger partial charge is 0.265 e. The van der Waals surface area contributed by atoms with Crippen LogP contribution in [0.4, 0.5) is 5.69 Å². The van der Waals surface area contributed by atoms with Gasteiger partial charge in [0, 0.05) is 26.1 Å². The van der Waals surface area contributed by atoms with Crippen molar-refractivity contribution in [1.82, 2.24) is 14.5 Å². The Kier molecular flexibility index (Phi) is 7.03. The zero-order valence-corrected chi connectivity index (χ0v) is 25.1. The SMILES string of the molecule is CC(=O)c1ccc(Br)cc1NC(=O)c1ccc(-c2cn(-c3cc(-c4cccs4)nc4cc(Br)ccc34)cn2)s1. The van der Waals surface area contributed by atoms with E-state index in [2.05, 4.69) is 54.3 Å². The first-order chi connectivity index (χ1) is 18.9. The summed E-state index contributed by atoms with van der Waals surface area (Å²) < 4.78 is 3.73. The Morgan fingerprint density at radius 1 is 0.923 bits per heavy atom. The van der Waals surface area contributed by atoms with Gasteiger partial charge in [0.15, 0.2) is 5.78 Å². The third-order valence-electron chi connectivity index (χ3n) is 6.08. The van der Waals surface area contributed by atoms with E-state index in [0.717, 1.165) is 46.7 Å². The molecule has 0 aliphatic heterocycles. The van der Waals surface area contributed by atoms with E-state index in [-0.39, 0.29) is 11.7 Å². The lowest BCUT2D eigenvalue weighted by atomic mass is 10.1. The molecule has 10 heteroatoms. The molecule has 1 N–H and O–H groups in total. The standard InChI is InChI=1S/C29H18Br2N4O2S2/c1-16(36)19-6-4-17(30)11-21(19)34-29(37)28-9-8-27(39-28)24-14-35(15-32-24)25-13-23(26-3-2-10-38-26)33-22-12-18(31)5-7-20(22)25/h2-15H,1H3,(H,34,37). The van der Waals surface area contributed by atoms with Gasteiger partial charge >= 0.3 is 0 Å². The van der Waals surface area contributed by atoms with Crippen LogP contribution < -0.4 is 5.32 Å². The van der Waals surface area contributed by atoms with Crippen molar-refractivity contribution in [3.8, 4) is 26.8 Å². The minimum absolute atomic E-state index is 0.117. The van der Waals surface area contributed by atoms with Gasteiger partial charge in [0.1, 0.15) is 0 Å². The Labute approximate surface area is 248 Å². The number of hydrogen-bond acceptors (Lipinski definition) is 6. The highest BCUT2D eigenvalue weighted by molar-refractivity contribution is 9.10. The van der Waals surface area contributed by atoms with E-state index in [1.54, 1.807) is 41.9 Å². The molecule has 0 bridgehead atoms. The molecule has 1 amide bonds. The molecule has 0 spiro atoms. The normalized spacial score (nSPS) is 11.2. The molecule has 0 saturated carbocycles. The lowest BCUT2D eigenvalue weighted by Gasteiger charge is -2.10. The Morgan fingerprint density at radius 3 is 2.54 bits per heavy atom. The van der Waals surface area contributed by atoms with Crippen LogP contribution in [0, 0.1) is 0 Å². The van der Waals surface area contributed by atoms with Crippen LogP contribution in [-0.4, -0.2) is 26.2 Å². The molecule has 39 heavy (non-hydrogen) atoms. The number of Topliss-reactive ketones (excluding diaryl/α,β-unsaturated/α-hetero) is 1. The van der Waals surface area contributed by atoms with Gasteiger partial charge in [-0.2, -0.15) is 0 Å². The molecular weight excluding hydrogens is 660 g/mol. The number of fused-ring (bicyclic) bond motifs is 1. The number of rotatable bonds is 6. The molecule has 6 rings (SSSR count). The minimum Gasteiger partial charge on any atom is -0.321 e. The van der Waals surface area contributed by atoms with Crippen LogP contribution in [-0.2, 0) is 0 Å². The predicted molar refractivity (Wildman–Crippen MR) is 165 cm³/mol. The summed E-state index contributed by atoms with van der Waals surface area (Å²) in [6.45, 7) is 1.48. The van der Waals surface area contributed by atoms with Crippen LogP contribution in [0.2, 0.25) is 0 Å². The molecule has 0 aliphatic carbocycles. The summed E-state index contributed by atoms with van der Waals surface area (Å²) in [5.74, 6) is -0.397. The number of halogens is 2. The lowest BCUT2D eigenvalue weighted by Crippen LogP contribution is -2.13. The number of imidazole rings is 1. The van der Waals surface area contributed by atoms with E-state index in [1.165, 1.54) is 18.3 Å². The van der Waals surface area contributed by atoms with Crippen molar-refractivity contribution in [2.45, 2.75) is 6.92 Å². The second-order valence-electron chi connectivity index (χ2n) is 8.70. The van der Waals surface area contributed by atoms with Gasteiger partial charge in [-0.25, -0.2) is 9.97 Å². The predicted octanol–water partition coefficient (Wildman–Crippen LogP) is 8.86. The first kappa shape index (κ1) is 25.8. The van der Waals surface area contributed by atoms with Crippen LogP contribution in [0.1, 0.15) is 27.0 Å². The highest BCUT2D eigenvalue weighted by Crippen LogP contribution is 2.33.